The summed E-state index contributed by atoms with van der Waals surface area (Å²) in [5.41, 5.74) is 5.14. The average Bonchev–Trinajstić information content (AvgIpc) is 3.32. The second kappa shape index (κ2) is 8.38. The van der Waals surface area contributed by atoms with Crippen LogP contribution in [0.15, 0.2) is 59.6 Å². The molecule has 1 unspecified atom stereocenters. The molecule has 0 bridgehead atoms. The summed E-state index contributed by atoms with van der Waals surface area (Å²) in [5, 5.41) is 8.39. The average molecular weight is 376 g/mol. The van der Waals surface area contributed by atoms with E-state index in [-0.39, 0.29) is 0 Å². The molecule has 0 radical (unpaired) electrons. The van der Waals surface area contributed by atoms with E-state index in [9.17, 15) is 0 Å². The normalized spacial score (nSPS) is 17.3. The third-order valence-corrected chi connectivity index (χ3v) is 5.57. The second-order valence-electron chi connectivity index (χ2n) is 7.43. The predicted molar refractivity (Wildman–Crippen MR) is 118 cm³/mol. The van der Waals surface area contributed by atoms with Gasteiger partial charge < -0.3 is 20.5 Å². The Labute approximate surface area is 166 Å². The first-order valence-corrected chi connectivity index (χ1v) is 10.1. The van der Waals surface area contributed by atoms with Crippen LogP contribution in [0.1, 0.15) is 17.7 Å². The molecule has 2 heterocycles. The zero-order valence-electron chi connectivity index (χ0n) is 16.7. The summed E-state index contributed by atoms with van der Waals surface area (Å²) in [5.74, 6) is 0.886. The van der Waals surface area contributed by atoms with Crippen molar-refractivity contribution in [1.29, 1.82) is 0 Å². The minimum absolute atomic E-state index is 0.418. The number of anilines is 1. The number of aryl methyl sites for hydroxylation is 1. The molecule has 1 aliphatic heterocycles. The van der Waals surface area contributed by atoms with Crippen LogP contribution in [0.2, 0.25) is 0 Å². The lowest BCUT2D eigenvalue weighted by Crippen LogP contribution is -2.45. The summed E-state index contributed by atoms with van der Waals surface area (Å²) >= 11 is 0. The van der Waals surface area contributed by atoms with E-state index in [1.807, 2.05) is 7.05 Å². The van der Waals surface area contributed by atoms with Gasteiger partial charge in [-0.05, 0) is 43.5 Å². The van der Waals surface area contributed by atoms with Crippen molar-refractivity contribution in [2.45, 2.75) is 25.8 Å². The molecule has 1 saturated heterocycles. The number of rotatable bonds is 5. The van der Waals surface area contributed by atoms with Gasteiger partial charge in [-0.25, -0.2) is 0 Å². The van der Waals surface area contributed by atoms with Gasteiger partial charge in [0.25, 0.3) is 0 Å². The highest BCUT2D eigenvalue weighted by molar-refractivity contribution is 5.85. The van der Waals surface area contributed by atoms with E-state index in [1.165, 1.54) is 27.8 Å². The number of aliphatic imine (C=N–C) groups is 1. The molecule has 3 N–H and O–H groups in total. The lowest BCUT2D eigenvalue weighted by atomic mass is 10.1. The van der Waals surface area contributed by atoms with Gasteiger partial charge in [-0.1, -0.05) is 36.4 Å². The van der Waals surface area contributed by atoms with E-state index in [2.05, 4.69) is 87.0 Å². The highest BCUT2D eigenvalue weighted by atomic mass is 15.2. The summed E-state index contributed by atoms with van der Waals surface area (Å²) in [4.78, 5) is 10.3. The lowest BCUT2D eigenvalue weighted by molar-refractivity contribution is 0.648. The molecule has 1 fully saturated rings. The van der Waals surface area contributed by atoms with E-state index >= 15 is 0 Å². The first-order valence-electron chi connectivity index (χ1n) is 10.1. The number of guanidine groups is 1. The molecule has 5 heteroatoms. The molecule has 0 amide bonds. The van der Waals surface area contributed by atoms with Crippen LogP contribution in [0.25, 0.3) is 10.9 Å². The quantitative estimate of drug-likeness (QED) is 0.473. The van der Waals surface area contributed by atoms with Gasteiger partial charge in [-0.15, -0.1) is 0 Å². The molecule has 1 aromatic heterocycles. The standard InChI is InChI=1S/C23H29N5/c1-17-20(21-10-6-7-11-22(21)26-17)12-14-25-23(24-2)27-18-13-15-28(16-18)19-8-4-3-5-9-19/h3-11,18,26H,12-16H2,1-2H3,(H2,24,25,27). The molecule has 3 aromatic rings. The van der Waals surface area contributed by atoms with Crippen LogP contribution in [0.3, 0.4) is 0 Å². The molecule has 0 aliphatic carbocycles. The largest absolute Gasteiger partial charge is 0.369 e. The van der Waals surface area contributed by atoms with Crippen LogP contribution in [-0.2, 0) is 6.42 Å². The third kappa shape index (κ3) is 3.98. The first kappa shape index (κ1) is 18.4. The molecule has 0 spiro atoms. The Kier molecular flexibility index (Phi) is 5.51. The van der Waals surface area contributed by atoms with Gasteiger partial charge in [-0.2, -0.15) is 0 Å². The number of fused-ring (bicyclic) bond motifs is 1. The van der Waals surface area contributed by atoms with Crippen LogP contribution >= 0.6 is 0 Å². The van der Waals surface area contributed by atoms with Gasteiger partial charge in [0.05, 0.1) is 0 Å². The summed E-state index contributed by atoms with van der Waals surface area (Å²) in [6.45, 7) is 5.09. The number of benzene rings is 2. The Hall–Kier alpha value is -2.95. The zero-order valence-corrected chi connectivity index (χ0v) is 16.7. The van der Waals surface area contributed by atoms with Crippen molar-refractivity contribution in [3.05, 3.63) is 65.9 Å². The van der Waals surface area contributed by atoms with Gasteiger partial charge in [0.2, 0.25) is 0 Å². The fraction of sp³-hybridized carbons (Fsp3) is 0.348. The van der Waals surface area contributed by atoms with Crippen molar-refractivity contribution in [2.75, 3.05) is 31.6 Å². The second-order valence-corrected chi connectivity index (χ2v) is 7.43. The summed E-state index contributed by atoms with van der Waals surface area (Å²) in [6.07, 6.45) is 2.09. The third-order valence-electron chi connectivity index (χ3n) is 5.57. The van der Waals surface area contributed by atoms with E-state index in [0.29, 0.717) is 6.04 Å². The summed E-state index contributed by atoms with van der Waals surface area (Å²) in [7, 11) is 1.84. The molecular formula is C23H29N5. The molecule has 4 rings (SSSR count). The van der Waals surface area contributed by atoms with Crippen molar-refractivity contribution < 1.29 is 0 Å². The van der Waals surface area contributed by atoms with Gasteiger partial charge in [-0.3, -0.25) is 4.99 Å². The Bertz CT molecular complexity index is 944. The summed E-state index contributed by atoms with van der Waals surface area (Å²) in [6, 6.07) is 19.6. The van der Waals surface area contributed by atoms with Gasteiger partial charge in [0.15, 0.2) is 5.96 Å². The number of nitrogens with zero attached hydrogens (tertiary/aromatic N) is 2. The van der Waals surface area contributed by atoms with Crippen LogP contribution in [-0.4, -0.2) is 43.7 Å². The maximum atomic E-state index is 4.42. The van der Waals surface area contributed by atoms with Crippen LogP contribution in [0.4, 0.5) is 5.69 Å². The number of hydrogen-bond donors (Lipinski definition) is 3. The number of hydrogen-bond acceptors (Lipinski definition) is 2. The fourth-order valence-corrected chi connectivity index (χ4v) is 4.10. The SMILES string of the molecule is CN=C(NCCc1c(C)[nH]c2ccccc12)NC1CCN(c2ccccc2)C1. The van der Waals surface area contributed by atoms with Crippen molar-refractivity contribution in [2.24, 2.45) is 4.99 Å². The highest BCUT2D eigenvalue weighted by Crippen LogP contribution is 2.22. The molecule has 146 valence electrons. The Morgan fingerprint density at radius 1 is 1.14 bits per heavy atom. The molecule has 0 saturated carbocycles. The van der Waals surface area contributed by atoms with E-state index < -0.39 is 0 Å². The Morgan fingerprint density at radius 2 is 1.93 bits per heavy atom. The number of nitrogens with one attached hydrogen (secondary N) is 3. The molecule has 1 atom stereocenters. The van der Waals surface area contributed by atoms with Crippen molar-refractivity contribution >= 4 is 22.5 Å². The van der Waals surface area contributed by atoms with E-state index in [1.54, 1.807) is 0 Å². The van der Waals surface area contributed by atoms with Gasteiger partial charge in [0.1, 0.15) is 0 Å². The van der Waals surface area contributed by atoms with Crippen LogP contribution < -0.4 is 15.5 Å². The first-order chi connectivity index (χ1) is 13.7. The Balaban J connectivity index is 1.30. The van der Waals surface area contributed by atoms with Crippen molar-refractivity contribution in [3.8, 4) is 0 Å². The highest BCUT2D eigenvalue weighted by Gasteiger charge is 2.23. The lowest BCUT2D eigenvalue weighted by Gasteiger charge is -2.20. The minimum Gasteiger partial charge on any atom is -0.369 e. The smallest absolute Gasteiger partial charge is 0.191 e. The topological polar surface area (TPSA) is 55.5 Å². The molecule has 2 aromatic carbocycles. The molecular weight excluding hydrogens is 346 g/mol. The molecule has 28 heavy (non-hydrogen) atoms. The minimum atomic E-state index is 0.418. The fourth-order valence-electron chi connectivity index (χ4n) is 4.10. The number of aromatic amines is 1. The van der Waals surface area contributed by atoms with Crippen LogP contribution in [0.5, 0.6) is 0 Å². The van der Waals surface area contributed by atoms with E-state index in [4.69, 9.17) is 0 Å². The van der Waals surface area contributed by atoms with Gasteiger partial charge >= 0.3 is 0 Å². The van der Waals surface area contributed by atoms with Gasteiger partial charge in [0, 0.05) is 55.0 Å². The van der Waals surface area contributed by atoms with Crippen molar-refractivity contribution in [1.82, 2.24) is 15.6 Å². The number of para-hydroxylation sites is 2. The summed E-state index contributed by atoms with van der Waals surface area (Å²) < 4.78 is 0. The number of aromatic nitrogens is 1. The predicted octanol–water partition coefficient (Wildman–Crippen LogP) is 3.46. The Morgan fingerprint density at radius 3 is 2.75 bits per heavy atom. The molecule has 1 aliphatic rings. The monoisotopic (exact) mass is 375 g/mol. The maximum absolute atomic E-state index is 4.42. The maximum Gasteiger partial charge on any atom is 0.191 e. The van der Waals surface area contributed by atoms with Crippen molar-refractivity contribution in [3.63, 3.8) is 0 Å². The van der Waals surface area contributed by atoms with E-state index in [0.717, 1.165) is 38.4 Å². The van der Waals surface area contributed by atoms with Crippen LogP contribution in [0, 0.1) is 6.92 Å². The zero-order chi connectivity index (χ0) is 19.3. The number of H-pyrrole nitrogens is 1. The molecule has 5 nitrogen and oxygen atoms in total.